The minimum Gasteiger partial charge on any atom is -0.464 e. The van der Waals surface area contributed by atoms with Gasteiger partial charge in [-0.05, 0) is 35.7 Å². The molecule has 0 bridgehead atoms. The van der Waals surface area contributed by atoms with Crippen molar-refractivity contribution in [1.82, 2.24) is 10.3 Å². The Hall–Kier alpha value is -3.22. The summed E-state index contributed by atoms with van der Waals surface area (Å²) in [7, 11) is 0. The number of hydrogen-bond acceptors (Lipinski definition) is 5. The summed E-state index contributed by atoms with van der Waals surface area (Å²) in [6, 6.07) is 4.90. The van der Waals surface area contributed by atoms with Crippen LogP contribution in [-0.4, -0.2) is 29.5 Å². The number of halogens is 1. The number of pyridine rings is 1. The average molecular weight is 385 g/mol. The number of aromatic nitrogens is 1. The van der Waals surface area contributed by atoms with Gasteiger partial charge in [0.2, 0.25) is 0 Å². The smallest absolute Gasteiger partial charge is 0.328 e. The van der Waals surface area contributed by atoms with Crippen LogP contribution in [0.4, 0.5) is 10.1 Å². The zero-order valence-corrected chi connectivity index (χ0v) is 15.8. The maximum absolute atomic E-state index is 14.2. The van der Waals surface area contributed by atoms with Crippen LogP contribution in [0.2, 0.25) is 0 Å². The number of ether oxygens (including phenoxy) is 1. The lowest BCUT2D eigenvalue weighted by Crippen LogP contribution is -2.43. The highest BCUT2D eigenvalue weighted by atomic mass is 19.1. The molecule has 0 saturated carbocycles. The van der Waals surface area contributed by atoms with E-state index in [9.17, 15) is 14.0 Å². The topological polar surface area (TPSA) is 94.3 Å². The summed E-state index contributed by atoms with van der Waals surface area (Å²) in [5.74, 6) is -2.09. The van der Waals surface area contributed by atoms with Crippen LogP contribution in [0.25, 0.3) is 6.08 Å². The lowest BCUT2D eigenvalue weighted by Gasteiger charge is -2.18. The number of nitrogens with zero attached hydrogens (tertiary/aromatic N) is 1. The molecule has 0 unspecified atom stereocenters. The molecule has 1 amide bonds. The second kappa shape index (κ2) is 10.2. The number of nitrogens with two attached hydrogens (primary N) is 1. The molecule has 1 aromatic carbocycles. The first-order valence-corrected chi connectivity index (χ1v) is 9.04. The van der Waals surface area contributed by atoms with E-state index in [4.69, 9.17) is 10.5 Å². The van der Waals surface area contributed by atoms with Crippen molar-refractivity contribution >= 4 is 23.6 Å². The van der Waals surface area contributed by atoms with Gasteiger partial charge in [-0.1, -0.05) is 32.1 Å². The Morgan fingerprint density at radius 2 is 2.21 bits per heavy atom. The summed E-state index contributed by atoms with van der Waals surface area (Å²) in [6.45, 7) is 5.82. The molecule has 0 spiro atoms. The Balaban J connectivity index is 2.22. The van der Waals surface area contributed by atoms with Crippen molar-refractivity contribution in [3.05, 3.63) is 65.7 Å². The minimum atomic E-state index is -0.974. The molecule has 148 valence electrons. The lowest BCUT2D eigenvalue weighted by atomic mass is 10.0. The number of unbranched alkanes of at least 4 members (excludes halogenated alkanes) is 1. The van der Waals surface area contributed by atoms with Gasteiger partial charge in [-0.15, -0.1) is 0 Å². The van der Waals surface area contributed by atoms with Gasteiger partial charge in [0.15, 0.2) is 0 Å². The van der Waals surface area contributed by atoms with E-state index < -0.39 is 23.7 Å². The van der Waals surface area contributed by atoms with Crippen molar-refractivity contribution < 1.29 is 18.7 Å². The molecule has 6 nitrogen and oxygen atoms in total. The van der Waals surface area contributed by atoms with Gasteiger partial charge in [0, 0.05) is 24.5 Å². The predicted molar refractivity (Wildman–Crippen MR) is 106 cm³/mol. The van der Waals surface area contributed by atoms with E-state index in [0.29, 0.717) is 12.0 Å². The molecule has 0 saturated heterocycles. The van der Waals surface area contributed by atoms with Gasteiger partial charge in [-0.3, -0.25) is 9.78 Å². The summed E-state index contributed by atoms with van der Waals surface area (Å²) in [4.78, 5) is 29.1. The number of anilines is 1. The SMILES string of the molecule is C=Cc1cc(C(=O)N[C@@H](Cc2cccnc2)C(=O)OCCCC)c(F)cc1N. The van der Waals surface area contributed by atoms with Crippen LogP contribution in [0.3, 0.4) is 0 Å². The second-order valence-electron chi connectivity index (χ2n) is 6.28. The highest BCUT2D eigenvalue weighted by molar-refractivity contribution is 5.98. The first-order chi connectivity index (χ1) is 13.5. The summed E-state index contributed by atoms with van der Waals surface area (Å²) in [5, 5.41) is 2.56. The number of esters is 1. The normalized spacial score (nSPS) is 11.5. The van der Waals surface area contributed by atoms with Gasteiger partial charge in [0.05, 0.1) is 12.2 Å². The number of benzene rings is 1. The summed E-state index contributed by atoms with van der Waals surface area (Å²) in [5.41, 5.74) is 6.82. The molecule has 0 aliphatic heterocycles. The van der Waals surface area contributed by atoms with Crippen LogP contribution in [0, 0.1) is 5.82 Å². The number of carbonyl (C=O) groups is 2. The number of amides is 1. The van der Waals surface area contributed by atoms with Crippen LogP contribution >= 0.6 is 0 Å². The van der Waals surface area contributed by atoms with Crippen LogP contribution in [-0.2, 0) is 16.0 Å². The molecule has 0 aliphatic rings. The third-order valence-corrected chi connectivity index (χ3v) is 4.13. The molecular formula is C21H24FN3O3. The van der Waals surface area contributed by atoms with Crippen molar-refractivity contribution in [2.75, 3.05) is 12.3 Å². The Kier molecular flexibility index (Phi) is 7.68. The van der Waals surface area contributed by atoms with Gasteiger partial charge in [0.1, 0.15) is 11.9 Å². The number of hydrogen-bond donors (Lipinski definition) is 2. The maximum atomic E-state index is 14.2. The molecular weight excluding hydrogens is 361 g/mol. The number of carbonyl (C=O) groups excluding carboxylic acids is 2. The first kappa shape index (κ1) is 21.1. The lowest BCUT2D eigenvalue weighted by molar-refractivity contribution is -0.146. The second-order valence-corrected chi connectivity index (χ2v) is 6.28. The Morgan fingerprint density at radius 3 is 2.86 bits per heavy atom. The summed E-state index contributed by atoms with van der Waals surface area (Å²) >= 11 is 0. The molecule has 3 N–H and O–H groups in total. The van der Waals surface area contributed by atoms with Gasteiger partial charge in [-0.25, -0.2) is 9.18 Å². The van der Waals surface area contributed by atoms with Gasteiger partial charge >= 0.3 is 5.97 Å². The Morgan fingerprint density at radius 1 is 1.43 bits per heavy atom. The number of nitrogen functional groups attached to an aromatic ring is 1. The largest absolute Gasteiger partial charge is 0.464 e. The van der Waals surface area contributed by atoms with Gasteiger partial charge in [0.25, 0.3) is 5.91 Å². The minimum absolute atomic E-state index is 0.176. The maximum Gasteiger partial charge on any atom is 0.328 e. The molecule has 1 heterocycles. The van der Waals surface area contributed by atoms with Crippen LogP contribution in [0.1, 0.15) is 41.3 Å². The molecule has 2 rings (SSSR count). The standard InChI is InChI=1S/C21H24FN3O3/c1-3-5-9-28-21(27)19(10-14-7-6-8-24-13-14)25-20(26)16-11-15(4-2)18(23)12-17(16)22/h4,6-8,11-13,19H,2-3,5,9-10,23H2,1H3,(H,25,26)/t19-/m0/s1. The third-order valence-electron chi connectivity index (χ3n) is 4.13. The molecule has 0 aliphatic carbocycles. The summed E-state index contributed by atoms with van der Waals surface area (Å²) < 4.78 is 19.5. The first-order valence-electron chi connectivity index (χ1n) is 9.04. The van der Waals surface area contributed by atoms with E-state index in [1.54, 1.807) is 24.5 Å². The third kappa shape index (κ3) is 5.64. The molecule has 7 heteroatoms. The molecule has 1 atom stereocenters. The average Bonchev–Trinajstić information content (AvgIpc) is 2.68. The van der Waals surface area contributed by atoms with Gasteiger partial charge in [-0.2, -0.15) is 0 Å². The highest BCUT2D eigenvalue weighted by Gasteiger charge is 2.25. The van der Waals surface area contributed by atoms with Crippen molar-refractivity contribution in [2.24, 2.45) is 0 Å². The van der Waals surface area contributed by atoms with Crippen molar-refractivity contribution in [3.8, 4) is 0 Å². The zero-order chi connectivity index (χ0) is 20.5. The van der Waals surface area contributed by atoms with Crippen LogP contribution in [0.15, 0.2) is 43.2 Å². The fourth-order valence-corrected chi connectivity index (χ4v) is 2.56. The van der Waals surface area contributed by atoms with Gasteiger partial charge < -0.3 is 15.8 Å². The van der Waals surface area contributed by atoms with Crippen LogP contribution in [0.5, 0.6) is 0 Å². The van der Waals surface area contributed by atoms with E-state index in [0.717, 1.165) is 18.1 Å². The fraction of sp³-hybridized carbons (Fsp3) is 0.286. The zero-order valence-electron chi connectivity index (χ0n) is 15.8. The van der Waals surface area contributed by atoms with E-state index in [2.05, 4.69) is 16.9 Å². The number of nitrogens with one attached hydrogen (secondary N) is 1. The molecule has 0 fully saturated rings. The van der Waals surface area contributed by atoms with Crippen molar-refractivity contribution in [2.45, 2.75) is 32.2 Å². The Bertz CT molecular complexity index is 840. The number of rotatable bonds is 9. The Labute approximate surface area is 163 Å². The van der Waals surface area contributed by atoms with Crippen molar-refractivity contribution in [3.63, 3.8) is 0 Å². The quantitative estimate of drug-likeness (QED) is 0.393. The monoisotopic (exact) mass is 385 g/mol. The van der Waals surface area contributed by atoms with E-state index >= 15 is 0 Å². The predicted octanol–water partition coefficient (Wildman–Crippen LogP) is 3.13. The van der Waals surface area contributed by atoms with E-state index in [1.807, 2.05) is 6.92 Å². The van der Waals surface area contributed by atoms with Crippen molar-refractivity contribution in [1.29, 1.82) is 0 Å². The van der Waals surface area contributed by atoms with E-state index in [1.165, 1.54) is 12.1 Å². The molecule has 0 radical (unpaired) electrons. The summed E-state index contributed by atoms with van der Waals surface area (Å²) in [6.07, 6.45) is 6.39. The highest BCUT2D eigenvalue weighted by Crippen LogP contribution is 2.19. The van der Waals surface area contributed by atoms with Crippen LogP contribution < -0.4 is 11.1 Å². The molecule has 28 heavy (non-hydrogen) atoms. The molecule has 1 aromatic heterocycles. The van der Waals surface area contributed by atoms with E-state index in [-0.39, 0.29) is 24.3 Å². The molecule has 2 aromatic rings. The fourth-order valence-electron chi connectivity index (χ4n) is 2.56.